The number of fused-ring (bicyclic) bond motifs is 4. The van der Waals surface area contributed by atoms with Crippen LogP contribution in [-0.4, -0.2) is 0 Å². The topological polar surface area (TPSA) is 25.2 Å². The van der Waals surface area contributed by atoms with Gasteiger partial charge >= 0.3 is 0 Å². The Morgan fingerprint density at radius 1 is 0.913 bits per heavy atom. The van der Waals surface area contributed by atoms with E-state index < -0.39 is 0 Å². The Bertz CT molecular complexity index is 1040. The number of furan rings is 1. The first-order valence-corrected chi connectivity index (χ1v) is 8.68. The number of anilines is 1. The van der Waals surface area contributed by atoms with E-state index in [0.717, 1.165) is 27.6 Å². The maximum absolute atomic E-state index is 6.06. The summed E-state index contributed by atoms with van der Waals surface area (Å²) >= 11 is 7.90. The zero-order valence-electron chi connectivity index (χ0n) is 12.0. The van der Waals surface area contributed by atoms with Gasteiger partial charge in [0.25, 0.3) is 0 Å². The lowest BCUT2D eigenvalue weighted by Crippen LogP contribution is -2.00. The molecule has 0 aliphatic carbocycles. The third kappa shape index (κ3) is 2.12. The van der Waals surface area contributed by atoms with E-state index in [9.17, 15) is 0 Å². The van der Waals surface area contributed by atoms with Crippen molar-refractivity contribution in [2.24, 2.45) is 0 Å². The van der Waals surface area contributed by atoms with Crippen molar-refractivity contribution in [3.05, 3.63) is 71.2 Å². The van der Waals surface area contributed by atoms with Crippen LogP contribution in [0.1, 0.15) is 10.9 Å². The zero-order chi connectivity index (χ0) is 15.4. The fourth-order valence-electron chi connectivity index (χ4n) is 3.06. The predicted molar refractivity (Wildman–Crippen MR) is 97.4 cm³/mol. The van der Waals surface area contributed by atoms with Crippen molar-refractivity contribution >= 4 is 51.0 Å². The highest BCUT2D eigenvalue weighted by molar-refractivity contribution is 8.00. The molecule has 0 bridgehead atoms. The summed E-state index contributed by atoms with van der Waals surface area (Å²) in [7, 11) is 0. The molecule has 0 spiro atoms. The Morgan fingerprint density at radius 3 is 2.61 bits per heavy atom. The Kier molecular flexibility index (Phi) is 2.87. The van der Waals surface area contributed by atoms with Crippen LogP contribution in [0.25, 0.3) is 21.9 Å². The molecule has 3 aromatic carbocycles. The SMILES string of the molecule is Clc1ccc2c(c1)oc1cc3c(cc12)SC(c1ccccc1)N3. The predicted octanol–water partition coefficient (Wildman–Crippen LogP) is 6.46. The molecule has 1 atom stereocenters. The van der Waals surface area contributed by atoms with E-state index in [1.165, 1.54) is 10.5 Å². The van der Waals surface area contributed by atoms with E-state index in [1.54, 1.807) is 0 Å². The second kappa shape index (κ2) is 4.95. The average molecular weight is 338 g/mol. The van der Waals surface area contributed by atoms with E-state index in [4.69, 9.17) is 16.0 Å². The van der Waals surface area contributed by atoms with E-state index in [1.807, 2.05) is 36.0 Å². The lowest BCUT2D eigenvalue weighted by molar-refractivity contribution is 0.669. The molecule has 4 heteroatoms. The van der Waals surface area contributed by atoms with Crippen LogP contribution in [-0.2, 0) is 0 Å². The van der Waals surface area contributed by atoms with Crippen LogP contribution >= 0.6 is 23.4 Å². The number of halogens is 1. The van der Waals surface area contributed by atoms with Gasteiger partial charge in [0.05, 0.1) is 5.69 Å². The van der Waals surface area contributed by atoms with Crippen LogP contribution in [0.2, 0.25) is 5.02 Å². The lowest BCUT2D eigenvalue weighted by atomic mass is 10.1. The molecule has 0 saturated carbocycles. The van der Waals surface area contributed by atoms with Crippen molar-refractivity contribution in [1.29, 1.82) is 0 Å². The molecule has 1 N–H and O–H groups in total. The molecule has 0 radical (unpaired) electrons. The average Bonchev–Trinajstić information content (AvgIpc) is 3.13. The normalized spacial score (nSPS) is 16.7. The lowest BCUT2D eigenvalue weighted by Gasteiger charge is -2.09. The van der Waals surface area contributed by atoms with Gasteiger partial charge in [-0.3, -0.25) is 0 Å². The zero-order valence-corrected chi connectivity index (χ0v) is 13.6. The molecule has 23 heavy (non-hydrogen) atoms. The van der Waals surface area contributed by atoms with Gasteiger partial charge in [0.2, 0.25) is 0 Å². The molecule has 4 aromatic rings. The van der Waals surface area contributed by atoms with E-state index in [2.05, 4.69) is 41.7 Å². The van der Waals surface area contributed by atoms with Crippen LogP contribution in [0.15, 0.2) is 70.0 Å². The second-order valence-corrected chi connectivity index (χ2v) is 7.22. The molecular formula is C19H12ClNOS. The number of hydrogen-bond donors (Lipinski definition) is 1. The highest BCUT2D eigenvalue weighted by Crippen LogP contribution is 2.49. The minimum absolute atomic E-state index is 0.249. The van der Waals surface area contributed by atoms with Gasteiger partial charge in [-0.05, 0) is 23.8 Å². The van der Waals surface area contributed by atoms with Crippen LogP contribution in [0.4, 0.5) is 5.69 Å². The van der Waals surface area contributed by atoms with Gasteiger partial charge in [0, 0.05) is 32.8 Å². The fraction of sp³-hybridized carbons (Fsp3) is 0.0526. The minimum atomic E-state index is 0.249. The Hall–Kier alpha value is -2.10. The van der Waals surface area contributed by atoms with Crippen LogP contribution < -0.4 is 5.32 Å². The first kappa shape index (κ1) is 13.3. The largest absolute Gasteiger partial charge is 0.456 e. The van der Waals surface area contributed by atoms with Crippen molar-refractivity contribution in [2.75, 3.05) is 5.32 Å². The summed E-state index contributed by atoms with van der Waals surface area (Å²) in [6.07, 6.45) is 0. The van der Waals surface area contributed by atoms with E-state index in [0.29, 0.717) is 5.02 Å². The Labute approximate surface area is 142 Å². The fourth-order valence-corrected chi connectivity index (χ4v) is 4.39. The maximum Gasteiger partial charge on any atom is 0.137 e. The molecule has 1 aliphatic heterocycles. The van der Waals surface area contributed by atoms with Gasteiger partial charge in [-0.25, -0.2) is 0 Å². The summed E-state index contributed by atoms with van der Waals surface area (Å²) in [5, 5.41) is 6.76. The number of benzene rings is 3. The molecule has 1 unspecified atom stereocenters. The summed E-state index contributed by atoms with van der Waals surface area (Å²) in [5.74, 6) is 0. The second-order valence-electron chi connectivity index (χ2n) is 5.64. The van der Waals surface area contributed by atoms with Gasteiger partial charge < -0.3 is 9.73 Å². The van der Waals surface area contributed by atoms with Crippen molar-refractivity contribution in [1.82, 2.24) is 0 Å². The quantitative estimate of drug-likeness (QED) is 0.431. The van der Waals surface area contributed by atoms with Crippen molar-refractivity contribution in [3.8, 4) is 0 Å². The third-order valence-electron chi connectivity index (χ3n) is 4.17. The monoisotopic (exact) mass is 337 g/mol. The molecule has 0 amide bonds. The third-order valence-corrected chi connectivity index (χ3v) is 5.62. The maximum atomic E-state index is 6.06. The molecule has 5 rings (SSSR count). The smallest absolute Gasteiger partial charge is 0.137 e. The molecule has 112 valence electrons. The van der Waals surface area contributed by atoms with E-state index >= 15 is 0 Å². The summed E-state index contributed by atoms with van der Waals surface area (Å²) in [5.41, 5.74) is 4.13. The van der Waals surface area contributed by atoms with Crippen molar-refractivity contribution in [2.45, 2.75) is 10.3 Å². The summed E-state index contributed by atoms with van der Waals surface area (Å²) < 4.78 is 5.97. The molecule has 0 saturated heterocycles. The van der Waals surface area contributed by atoms with E-state index in [-0.39, 0.29) is 5.37 Å². The van der Waals surface area contributed by atoms with Crippen molar-refractivity contribution < 1.29 is 4.42 Å². The van der Waals surface area contributed by atoms with Gasteiger partial charge in [0.1, 0.15) is 16.5 Å². The molecule has 0 fully saturated rings. The number of thioether (sulfide) groups is 1. The summed E-state index contributed by atoms with van der Waals surface area (Å²) in [6, 6.07) is 20.6. The first-order valence-electron chi connectivity index (χ1n) is 7.42. The van der Waals surface area contributed by atoms with Gasteiger partial charge in [0.15, 0.2) is 0 Å². The minimum Gasteiger partial charge on any atom is -0.456 e. The Balaban J connectivity index is 1.63. The van der Waals surface area contributed by atoms with Gasteiger partial charge in [-0.1, -0.05) is 53.7 Å². The van der Waals surface area contributed by atoms with Crippen LogP contribution in [0.3, 0.4) is 0 Å². The standard InChI is InChI=1S/C19H12ClNOS/c20-12-6-7-13-14-9-18-15(10-17(14)22-16(13)8-12)21-19(23-18)11-4-2-1-3-5-11/h1-10,19,21H. The number of rotatable bonds is 1. The molecule has 1 aromatic heterocycles. The number of hydrogen-bond acceptors (Lipinski definition) is 3. The van der Waals surface area contributed by atoms with Gasteiger partial charge in [-0.15, -0.1) is 0 Å². The van der Waals surface area contributed by atoms with Crippen LogP contribution in [0, 0.1) is 0 Å². The molecule has 1 aliphatic rings. The van der Waals surface area contributed by atoms with Gasteiger partial charge in [-0.2, -0.15) is 0 Å². The summed E-state index contributed by atoms with van der Waals surface area (Å²) in [4.78, 5) is 1.25. The highest BCUT2D eigenvalue weighted by Gasteiger charge is 2.24. The molecule has 2 heterocycles. The first-order chi connectivity index (χ1) is 11.3. The summed E-state index contributed by atoms with van der Waals surface area (Å²) in [6.45, 7) is 0. The molecular weight excluding hydrogens is 326 g/mol. The molecule has 2 nitrogen and oxygen atoms in total. The van der Waals surface area contributed by atoms with Crippen LogP contribution in [0.5, 0.6) is 0 Å². The highest BCUT2D eigenvalue weighted by atomic mass is 35.5. The van der Waals surface area contributed by atoms with Crippen molar-refractivity contribution in [3.63, 3.8) is 0 Å². The number of nitrogens with one attached hydrogen (secondary N) is 1. The Morgan fingerprint density at radius 2 is 1.74 bits per heavy atom.